The van der Waals surface area contributed by atoms with E-state index in [0.29, 0.717) is 5.92 Å². The maximum absolute atomic E-state index is 13.0. The Morgan fingerprint density at radius 3 is 2.88 bits per heavy atom. The van der Waals surface area contributed by atoms with Gasteiger partial charge in [0.25, 0.3) is 0 Å². The molecule has 0 saturated carbocycles. The molecule has 94 valence electrons. The summed E-state index contributed by atoms with van der Waals surface area (Å²) in [5.74, 6) is 0.362. The van der Waals surface area contributed by atoms with Crippen molar-refractivity contribution in [1.29, 1.82) is 0 Å². The van der Waals surface area contributed by atoms with E-state index in [1.165, 1.54) is 6.07 Å². The highest BCUT2D eigenvalue weighted by Crippen LogP contribution is 2.26. The number of rotatable bonds is 3. The molecule has 1 aliphatic heterocycles. The van der Waals surface area contributed by atoms with Gasteiger partial charge in [-0.15, -0.1) is 0 Å². The van der Waals surface area contributed by atoms with Crippen LogP contribution in [0.1, 0.15) is 24.5 Å². The van der Waals surface area contributed by atoms with Crippen LogP contribution in [0.25, 0.3) is 0 Å². The third kappa shape index (κ3) is 2.67. The van der Waals surface area contributed by atoms with Gasteiger partial charge in [0.2, 0.25) is 0 Å². The Bertz CT molecular complexity index is 394. The summed E-state index contributed by atoms with van der Waals surface area (Å²) < 4.78 is 13.0. The SMILES string of the molecule is Cc1cc(F)ccc1CN1CCC(C)C1CO. The molecule has 17 heavy (non-hydrogen) atoms. The summed E-state index contributed by atoms with van der Waals surface area (Å²) in [6, 6.07) is 5.18. The Kier molecular flexibility index (Phi) is 3.79. The molecule has 2 atom stereocenters. The first kappa shape index (κ1) is 12.5. The molecule has 0 radical (unpaired) electrons. The van der Waals surface area contributed by atoms with Crippen molar-refractivity contribution >= 4 is 0 Å². The van der Waals surface area contributed by atoms with Crippen LogP contribution in [0.5, 0.6) is 0 Å². The molecule has 2 nitrogen and oxygen atoms in total. The maximum atomic E-state index is 13.0. The van der Waals surface area contributed by atoms with Crippen LogP contribution >= 0.6 is 0 Å². The Hall–Kier alpha value is -0.930. The zero-order chi connectivity index (χ0) is 12.4. The number of nitrogens with zero attached hydrogens (tertiary/aromatic N) is 1. The lowest BCUT2D eigenvalue weighted by Crippen LogP contribution is -2.34. The minimum atomic E-state index is -0.181. The van der Waals surface area contributed by atoms with E-state index in [4.69, 9.17) is 0 Å². The molecule has 1 fully saturated rings. The summed E-state index contributed by atoms with van der Waals surface area (Å²) in [4.78, 5) is 2.30. The van der Waals surface area contributed by atoms with Gasteiger partial charge in [-0.1, -0.05) is 13.0 Å². The van der Waals surface area contributed by atoms with E-state index in [9.17, 15) is 9.50 Å². The molecule has 1 heterocycles. The summed E-state index contributed by atoms with van der Waals surface area (Å²) >= 11 is 0. The number of likely N-dealkylation sites (tertiary alicyclic amines) is 1. The molecule has 0 bridgehead atoms. The maximum Gasteiger partial charge on any atom is 0.123 e. The standard InChI is InChI=1S/C14H20FNO/c1-10-5-6-16(14(10)9-17)8-12-3-4-13(15)7-11(12)2/h3-4,7,10,14,17H,5-6,8-9H2,1-2H3. The number of halogens is 1. The van der Waals surface area contributed by atoms with Gasteiger partial charge in [0.05, 0.1) is 6.61 Å². The highest BCUT2D eigenvalue weighted by molar-refractivity contribution is 5.26. The van der Waals surface area contributed by atoms with E-state index in [-0.39, 0.29) is 18.5 Å². The highest BCUT2D eigenvalue weighted by Gasteiger charge is 2.30. The quantitative estimate of drug-likeness (QED) is 0.872. The molecule has 2 rings (SSSR count). The fraction of sp³-hybridized carbons (Fsp3) is 0.571. The van der Waals surface area contributed by atoms with Gasteiger partial charge < -0.3 is 5.11 Å². The molecule has 1 aromatic rings. The van der Waals surface area contributed by atoms with Crippen molar-refractivity contribution < 1.29 is 9.50 Å². The highest BCUT2D eigenvalue weighted by atomic mass is 19.1. The molecule has 1 saturated heterocycles. The monoisotopic (exact) mass is 237 g/mol. The molecule has 1 N–H and O–H groups in total. The topological polar surface area (TPSA) is 23.5 Å². The molecule has 0 aliphatic carbocycles. The minimum Gasteiger partial charge on any atom is -0.395 e. The molecule has 3 heteroatoms. The number of hydrogen-bond acceptors (Lipinski definition) is 2. The predicted molar refractivity (Wildman–Crippen MR) is 66.2 cm³/mol. The van der Waals surface area contributed by atoms with E-state index >= 15 is 0 Å². The van der Waals surface area contributed by atoms with Gasteiger partial charge in [-0.25, -0.2) is 4.39 Å². The first-order valence-corrected chi connectivity index (χ1v) is 6.21. The Morgan fingerprint density at radius 2 is 2.24 bits per heavy atom. The van der Waals surface area contributed by atoms with Crippen molar-refractivity contribution in [3.8, 4) is 0 Å². The van der Waals surface area contributed by atoms with E-state index < -0.39 is 0 Å². The lowest BCUT2D eigenvalue weighted by molar-refractivity contribution is 0.134. The molecular weight excluding hydrogens is 217 g/mol. The van der Waals surface area contributed by atoms with Gasteiger partial charge >= 0.3 is 0 Å². The third-order valence-electron chi connectivity index (χ3n) is 3.86. The number of benzene rings is 1. The number of aliphatic hydroxyl groups excluding tert-OH is 1. The van der Waals surface area contributed by atoms with Gasteiger partial charge in [0.1, 0.15) is 5.82 Å². The van der Waals surface area contributed by atoms with E-state index in [0.717, 1.165) is 30.6 Å². The van der Waals surface area contributed by atoms with Crippen molar-refractivity contribution in [2.45, 2.75) is 32.9 Å². The number of aryl methyl sites for hydroxylation is 1. The molecule has 0 spiro atoms. The Morgan fingerprint density at radius 1 is 1.47 bits per heavy atom. The normalized spacial score (nSPS) is 25.4. The Labute approximate surface area is 102 Å². The second-order valence-corrected chi connectivity index (χ2v) is 5.06. The van der Waals surface area contributed by atoms with Gasteiger partial charge in [-0.2, -0.15) is 0 Å². The van der Waals surface area contributed by atoms with Crippen molar-refractivity contribution in [1.82, 2.24) is 4.90 Å². The fourth-order valence-electron chi connectivity index (χ4n) is 2.63. The van der Waals surface area contributed by atoms with Crippen LogP contribution in [-0.4, -0.2) is 29.2 Å². The zero-order valence-corrected chi connectivity index (χ0v) is 10.5. The smallest absolute Gasteiger partial charge is 0.123 e. The van der Waals surface area contributed by atoms with Gasteiger partial charge in [-0.3, -0.25) is 4.90 Å². The van der Waals surface area contributed by atoms with Crippen molar-refractivity contribution in [3.05, 3.63) is 35.1 Å². The summed E-state index contributed by atoms with van der Waals surface area (Å²) in [6.07, 6.45) is 1.13. The van der Waals surface area contributed by atoms with Crippen LogP contribution in [-0.2, 0) is 6.54 Å². The summed E-state index contributed by atoms with van der Waals surface area (Å²) in [5.41, 5.74) is 2.14. The van der Waals surface area contributed by atoms with Crippen LogP contribution in [0.15, 0.2) is 18.2 Å². The Balaban J connectivity index is 2.10. The van der Waals surface area contributed by atoms with Crippen LogP contribution in [0.3, 0.4) is 0 Å². The van der Waals surface area contributed by atoms with Gasteiger partial charge in [-0.05, 0) is 49.1 Å². The van der Waals surface area contributed by atoms with Gasteiger partial charge in [0.15, 0.2) is 0 Å². The largest absolute Gasteiger partial charge is 0.395 e. The number of aliphatic hydroxyl groups is 1. The third-order valence-corrected chi connectivity index (χ3v) is 3.86. The van der Waals surface area contributed by atoms with Crippen molar-refractivity contribution in [2.75, 3.05) is 13.2 Å². The molecule has 2 unspecified atom stereocenters. The van der Waals surface area contributed by atoms with Gasteiger partial charge in [0, 0.05) is 12.6 Å². The average Bonchev–Trinajstić information content (AvgIpc) is 2.63. The fourth-order valence-corrected chi connectivity index (χ4v) is 2.63. The number of hydrogen-bond donors (Lipinski definition) is 1. The summed E-state index contributed by atoms with van der Waals surface area (Å²) in [5, 5.41) is 9.40. The lowest BCUT2D eigenvalue weighted by Gasteiger charge is -2.25. The van der Waals surface area contributed by atoms with E-state index in [1.807, 2.05) is 13.0 Å². The zero-order valence-electron chi connectivity index (χ0n) is 10.5. The molecule has 0 amide bonds. The minimum absolute atomic E-state index is 0.181. The van der Waals surface area contributed by atoms with Crippen LogP contribution in [0.2, 0.25) is 0 Å². The molecular formula is C14H20FNO. The van der Waals surface area contributed by atoms with Crippen molar-refractivity contribution in [2.24, 2.45) is 5.92 Å². The first-order valence-electron chi connectivity index (χ1n) is 6.21. The van der Waals surface area contributed by atoms with E-state index in [2.05, 4.69) is 11.8 Å². The van der Waals surface area contributed by atoms with Crippen LogP contribution < -0.4 is 0 Å². The van der Waals surface area contributed by atoms with E-state index in [1.54, 1.807) is 6.07 Å². The second-order valence-electron chi connectivity index (χ2n) is 5.06. The summed E-state index contributed by atoms with van der Waals surface area (Å²) in [7, 11) is 0. The lowest BCUT2D eigenvalue weighted by atomic mass is 10.0. The second kappa shape index (κ2) is 5.15. The predicted octanol–water partition coefficient (Wildman–Crippen LogP) is 2.34. The summed E-state index contributed by atoms with van der Waals surface area (Å²) in [6.45, 7) is 6.15. The average molecular weight is 237 g/mol. The first-order chi connectivity index (χ1) is 8.11. The van der Waals surface area contributed by atoms with Crippen LogP contribution in [0, 0.1) is 18.7 Å². The molecule has 1 aliphatic rings. The molecule has 1 aromatic carbocycles. The van der Waals surface area contributed by atoms with Crippen LogP contribution in [0.4, 0.5) is 4.39 Å². The van der Waals surface area contributed by atoms with Crippen molar-refractivity contribution in [3.63, 3.8) is 0 Å². The molecule has 0 aromatic heterocycles.